The van der Waals surface area contributed by atoms with Crippen LogP contribution in [0.5, 0.6) is 0 Å². The molecular formula is C19H20N6O2. The Morgan fingerprint density at radius 2 is 2.00 bits per heavy atom. The van der Waals surface area contributed by atoms with Gasteiger partial charge in [-0.1, -0.05) is 0 Å². The monoisotopic (exact) mass is 364 g/mol. The lowest BCUT2D eigenvalue weighted by atomic mass is 10.2. The number of hydrogen-bond acceptors (Lipinski definition) is 6. The Labute approximate surface area is 156 Å². The lowest BCUT2D eigenvalue weighted by Crippen LogP contribution is -2.29. The van der Waals surface area contributed by atoms with Gasteiger partial charge in [0.2, 0.25) is 0 Å². The van der Waals surface area contributed by atoms with Crippen molar-refractivity contribution in [2.75, 3.05) is 29.4 Å². The molecule has 138 valence electrons. The van der Waals surface area contributed by atoms with Crippen LogP contribution in [0.25, 0.3) is 0 Å². The number of anilines is 2. The minimum absolute atomic E-state index is 0.179. The molecule has 0 aromatic carbocycles. The van der Waals surface area contributed by atoms with Crippen molar-refractivity contribution in [1.29, 1.82) is 0 Å². The molecule has 4 rings (SSSR count). The number of nitrogens with two attached hydrogens (primary N) is 1. The molecule has 27 heavy (non-hydrogen) atoms. The first-order valence-corrected chi connectivity index (χ1v) is 8.86. The maximum atomic E-state index is 12.6. The number of hydrogen-bond donors (Lipinski definition) is 2. The van der Waals surface area contributed by atoms with Gasteiger partial charge in [-0.2, -0.15) is 0 Å². The summed E-state index contributed by atoms with van der Waals surface area (Å²) >= 11 is 0. The number of carbonyl (C=O) groups excluding carboxylic acids is 1. The highest BCUT2D eigenvalue weighted by Gasteiger charge is 2.29. The fourth-order valence-corrected chi connectivity index (χ4v) is 3.26. The highest BCUT2D eigenvalue weighted by atomic mass is 16.2. The Morgan fingerprint density at radius 1 is 1.19 bits per heavy atom. The summed E-state index contributed by atoms with van der Waals surface area (Å²) in [5.74, 6) is 1.07. The van der Waals surface area contributed by atoms with E-state index in [0.29, 0.717) is 22.8 Å². The van der Waals surface area contributed by atoms with Gasteiger partial charge < -0.3 is 15.6 Å². The third-order valence-electron chi connectivity index (χ3n) is 4.70. The van der Waals surface area contributed by atoms with Crippen LogP contribution < -0.4 is 21.0 Å². The van der Waals surface area contributed by atoms with E-state index in [1.165, 1.54) is 42.3 Å². The van der Waals surface area contributed by atoms with Gasteiger partial charge in [-0.05, 0) is 25.0 Å². The van der Waals surface area contributed by atoms with Crippen molar-refractivity contribution >= 4 is 29.4 Å². The van der Waals surface area contributed by atoms with Crippen LogP contribution in [0.15, 0.2) is 57.7 Å². The van der Waals surface area contributed by atoms with Gasteiger partial charge in [-0.15, -0.1) is 0 Å². The predicted octanol–water partition coefficient (Wildman–Crippen LogP) is 1.33. The number of carbonyl (C=O) groups is 1. The fourth-order valence-electron chi connectivity index (χ4n) is 3.26. The first kappa shape index (κ1) is 17.0. The molecule has 0 atom stereocenters. The van der Waals surface area contributed by atoms with Gasteiger partial charge in [0.25, 0.3) is 5.91 Å². The van der Waals surface area contributed by atoms with Crippen molar-refractivity contribution in [3.8, 4) is 0 Å². The molecule has 0 saturated carbocycles. The second-order valence-electron chi connectivity index (χ2n) is 6.57. The van der Waals surface area contributed by atoms with Gasteiger partial charge in [0.1, 0.15) is 11.6 Å². The van der Waals surface area contributed by atoms with Gasteiger partial charge >= 0.3 is 0 Å². The minimum atomic E-state index is -0.292. The number of rotatable bonds is 4. The van der Waals surface area contributed by atoms with Gasteiger partial charge in [-0.25, -0.2) is 4.98 Å². The van der Waals surface area contributed by atoms with Crippen LogP contribution in [-0.4, -0.2) is 41.7 Å². The number of aromatic amines is 1. The summed E-state index contributed by atoms with van der Waals surface area (Å²) < 4.78 is 0. The van der Waals surface area contributed by atoms with Crippen LogP contribution in [-0.2, 0) is 4.79 Å². The molecule has 0 unspecified atom stereocenters. The standard InChI is InChI=1S/C19H20N6O2/c20-16-12-25(18-9-14(26)5-6-21-18)19(27)15(16)11-22-13-3-4-17(23-10-13)24-7-1-2-8-24/h3-6,9-11H,1-2,7-8,12,20H2,(H,21,26). The van der Waals surface area contributed by atoms with Crippen LogP contribution >= 0.6 is 0 Å². The van der Waals surface area contributed by atoms with Crippen LogP contribution in [0.2, 0.25) is 0 Å². The lowest BCUT2D eigenvalue weighted by molar-refractivity contribution is -0.114. The van der Waals surface area contributed by atoms with Crippen LogP contribution in [0.3, 0.4) is 0 Å². The molecule has 8 nitrogen and oxygen atoms in total. The van der Waals surface area contributed by atoms with Crippen molar-refractivity contribution < 1.29 is 4.79 Å². The van der Waals surface area contributed by atoms with E-state index in [2.05, 4.69) is 19.9 Å². The minimum Gasteiger partial charge on any atom is -0.400 e. The number of pyridine rings is 2. The second kappa shape index (κ2) is 7.06. The summed E-state index contributed by atoms with van der Waals surface area (Å²) in [6, 6.07) is 6.57. The van der Waals surface area contributed by atoms with E-state index in [9.17, 15) is 9.59 Å². The van der Waals surface area contributed by atoms with E-state index < -0.39 is 0 Å². The van der Waals surface area contributed by atoms with Crippen molar-refractivity contribution in [2.45, 2.75) is 12.8 Å². The summed E-state index contributed by atoms with van der Waals surface area (Å²) in [6.45, 7) is 2.28. The number of nitrogens with zero attached hydrogens (tertiary/aromatic N) is 4. The number of nitrogens with one attached hydrogen (secondary N) is 1. The zero-order valence-electron chi connectivity index (χ0n) is 14.8. The quantitative estimate of drug-likeness (QED) is 0.796. The first-order valence-electron chi connectivity index (χ1n) is 8.86. The summed E-state index contributed by atoms with van der Waals surface area (Å²) in [4.78, 5) is 39.5. The topological polar surface area (TPSA) is 108 Å². The van der Waals surface area contributed by atoms with Crippen molar-refractivity contribution in [3.63, 3.8) is 0 Å². The van der Waals surface area contributed by atoms with Crippen LogP contribution in [0.1, 0.15) is 12.8 Å². The van der Waals surface area contributed by atoms with E-state index in [1.54, 1.807) is 6.20 Å². The van der Waals surface area contributed by atoms with Gasteiger partial charge in [-0.3, -0.25) is 19.5 Å². The Bertz CT molecular complexity index is 970. The Balaban J connectivity index is 1.49. The molecule has 2 aromatic rings. The summed E-state index contributed by atoms with van der Waals surface area (Å²) in [5, 5.41) is 0. The molecule has 0 aliphatic carbocycles. The van der Waals surface area contributed by atoms with E-state index in [1.807, 2.05) is 12.1 Å². The lowest BCUT2D eigenvalue weighted by Gasteiger charge is -2.15. The van der Waals surface area contributed by atoms with E-state index >= 15 is 0 Å². The molecule has 0 bridgehead atoms. The summed E-state index contributed by atoms with van der Waals surface area (Å²) in [6.07, 6.45) is 7.04. The fraction of sp³-hybridized carbons (Fsp3) is 0.263. The van der Waals surface area contributed by atoms with E-state index in [4.69, 9.17) is 5.73 Å². The maximum absolute atomic E-state index is 12.6. The highest BCUT2D eigenvalue weighted by molar-refractivity contribution is 6.21. The molecule has 0 spiro atoms. The zero-order valence-corrected chi connectivity index (χ0v) is 14.8. The SMILES string of the molecule is NC1=C(C=Nc2ccc(N3CCCC3)nc2)C(=O)N(c2cc(=O)cc[nH]2)C1. The van der Waals surface area contributed by atoms with Crippen molar-refractivity contribution in [3.05, 3.63) is 58.2 Å². The van der Waals surface area contributed by atoms with E-state index in [-0.39, 0.29) is 17.9 Å². The molecule has 0 radical (unpaired) electrons. The Kier molecular flexibility index (Phi) is 4.45. The average molecular weight is 364 g/mol. The summed E-state index contributed by atoms with van der Waals surface area (Å²) in [5.41, 5.74) is 7.22. The number of H-pyrrole nitrogens is 1. The molecule has 3 N–H and O–H groups in total. The van der Waals surface area contributed by atoms with Crippen molar-refractivity contribution in [1.82, 2.24) is 9.97 Å². The molecule has 2 aromatic heterocycles. The molecule has 1 amide bonds. The maximum Gasteiger partial charge on any atom is 0.263 e. The third-order valence-corrected chi connectivity index (χ3v) is 4.70. The number of aliphatic imine (C=N–C) groups is 1. The largest absolute Gasteiger partial charge is 0.400 e. The van der Waals surface area contributed by atoms with Crippen molar-refractivity contribution in [2.24, 2.45) is 10.7 Å². The van der Waals surface area contributed by atoms with Gasteiger partial charge in [0, 0.05) is 43.3 Å². The summed E-state index contributed by atoms with van der Waals surface area (Å²) in [7, 11) is 0. The normalized spacial score (nSPS) is 17.6. The smallest absolute Gasteiger partial charge is 0.263 e. The average Bonchev–Trinajstić information content (AvgIpc) is 3.30. The van der Waals surface area contributed by atoms with E-state index in [0.717, 1.165) is 18.9 Å². The first-order chi connectivity index (χ1) is 13.1. The third kappa shape index (κ3) is 3.46. The molecular weight excluding hydrogens is 344 g/mol. The molecule has 1 fully saturated rings. The number of amides is 1. The molecule has 4 heterocycles. The Morgan fingerprint density at radius 3 is 2.70 bits per heavy atom. The van der Waals surface area contributed by atoms with Crippen LogP contribution in [0.4, 0.5) is 17.3 Å². The predicted molar refractivity (Wildman–Crippen MR) is 104 cm³/mol. The molecule has 2 aliphatic rings. The van der Waals surface area contributed by atoms with Crippen LogP contribution in [0, 0.1) is 0 Å². The zero-order chi connectivity index (χ0) is 18.8. The highest BCUT2D eigenvalue weighted by Crippen LogP contribution is 2.22. The van der Waals surface area contributed by atoms with Gasteiger partial charge in [0.05, 0.1) is 24.0 Å². The molecule has 1 saturated heterocycles. The second-order valence-corrected chi connectivity index (χ2v) is 6.57. The Hall–Kier alpha value is -3.42. The number of aromatic nitrogens is 2. The molecule has 2 aliphatic heterocycles. The van der Waals surface area contributed by atoms with Gasteiger partial charge in [0.15, 0.2) is 5.43 Å². The molecule has 8 heteroatoms.